The van der Waals surface area contributed by atoms with Crippen molar-refractivity contribution in [3.63, 3.8) is 0 Å². The molecular formula is C21H42O4Si2. The Morgan fingerprint density at radius 1 is 1.00 bits per heavy atom. The smallest absolute Gasteiger partial charge is 0.349 e. The van der Waals surface area contributed by atoms with E-state index in [0.29, 0.717) is 6.61 Å². The van der Waals surface area contributed by atoms with E-state index >= 15 is 0 Å². The SMILES string of the molecule is CC1=C[C@@H](O[Si](C)(C)C(C)(C)C)[C@@H]2O[Si](C(C)(C)C)(C(C)(C)C)OC[C@H]2O1. The van der Waals surface area contributed by atoms with Gasteiger partial charge in [-0.3, -0.25) is 0 Å². The number of ether oxygens (including phenoxy) is 1. The molecule has 158 valence electrons. The summed E-state index contributed by atoms with van der Waals surface area (Å²) in [5.41, 5.74) is 0. The first-order valence-electron chi connectivity index (χ1n) is 10.3. The lowest BCUT2D eigenvalue weighted by atomic mass is 10.1. The van der Waals surface area contributed by atoms with E-state index in [1.54, 1.807) is 0 Å². The Bertz CT molecular complexity index is 564. The molecule has 0 aromatic rings. The molecule has 3 atom stereocenters. The van der Waals surface area contributed by atoms with Crippen LogP contribution in [-0.4, -0.2) is 41.8 Å². The van der Waals surface area contributed by atoms with Crippen LogP contribution < -0.4 is 0 Å². The number of hydrogen-bond donors (Lipinski definition) is 0. The van der Waals surface area contributed by atoms with E-state index in [1.807, 2.05) is 6.92 Å². The number of rotatable bonds is 2. The molecule has 1 saturated heterocycles. The van der Waals surface area contributed by atoms with Crippen LogP contribution in [0, 0.1) is 0 Å². The van der Waals surface area contributed by atoms with Gasteiger partial charge in [-0.05, 0) is 31.1 Å². The Kier molecular flexibility index (Phi) is 5.98. The van der Waals surface area contributed by atoms with E-state index in [1.165, 1.54) is 0 Å². The first-order valence-corrected chi connectivity index (χ1v) is 15.0. The second-order valence-corrected chi connectivity index (χ2v) is 21.3. The predicted octanol–water partition coefficient (Wildman–Crippen LogP) is 6.14. The zero-order valence-corrected chi connectivity index (χ0v) is 21.6. The average molecular weight is 415 g/mol. The van der Waals surface area contributed by atoms with E-state index in [0.717, 1.165) is 5.76 Å². The van der Waals surface area contributed by atoms with Crippen LogP contribution in [0.25, 0.3) is 0 Å². The van der Waals surface area contributed by atoms with Gasteiger partial charge in [-0.1, -0.05) is 62.3 Å². The molecule has 0 radical (unpaired) electrons. The van der Waals surface area contributed by atoms with Gasteiger partial charge >= 0.3 is 8.56 Å². The van der Waals surface area contributed by atoms with Crippen molar-refractivity contribution in [3.8, 4) is 0 Å². The minimum Gasteiger partial charge on any atom is -0.490 e. The van der Waals surface area contributed by atoms with E-state index in [9.17, 15) is 0 Å². The second kappa shape index (κ2) is 6.97. The number of hydrogen-bond acceptors (Lipinski definition) is 4. The third-order valence-corrected chi connectivity index (χ3v) is 16.0. The standard InChI is InChI=1S/C21H42O4Si2/c1-15-13-16(24-26(11,12)19(2,3)4)18-17(23-15)14-22-27(25-18,20(5,6)7)21(8,9)10/h13,16-18H,14H2,1-12H3/t16-,17-,18+/m1/s1. The van der Waals surface area contributed by atoms with Crippen LogP contribution in [0.5, 0.6) is 0 Å². The first kappa shape index (κ1) is 23.1. The summed E-state index contributed by atoms with van der Waals surface area (Å²) in [4.78, 5) is 0. The monoisotopic (exact) mass is 414 g/mol. The van der Waals surface area contributed by atoms with Gasteiger partial charge < -0.3 is 18.0 Å². The Morgan fingerprint density at radius 2 is 1.52 bits per heavy atom. The summed E-state index contributed by atoms with van der Waals surface area (Å²) in [7, 11) is -4.49. The summed E-state index contributed by atoms with van der Waals surface area (Å²) in [5.74, 6) is 0.910. The van der Waals surface area contributed by atoms with E-state index in [2.05, 4.69) is 81.5 Å². The van der Waals surface area contributed by atoms with Gasteiger partial charge in [-0.15, -0.1) is 0 Å². The molecular weight excluding hydrogens is 372 g/mol. The predicted molar refractivity (Wildman–Crippen MR) is 117 cm³/mol. The van der Waals surface area contributed by atoms with Gasteiger partial charge in [0, 0.05) is 10.1 Å². The van der Waals surface area contributed by atoms with Crippen molar-refractivity contribution in [2.45, 2.75) is 116 Å². The van der Waals surface area contributed by atoms with Crippen LogP contribution in [0.3, 0.4) is 0 Å². The molecule has 2 heterocycles. The minimum atomic E-state index is -2.55. The molecule has 0 amide bonds. The van der Waals surface area contributed by atoms with Crippen LogP contribution in [0.4, 0.5) is 0 Å². The summed E-state index contributed by atoms with van der Waals surface area (Å²) < 4.78 is 26.5. The van der Waals surface area contributed by atoms with E-state index < -0.39 is 16.9 Å². The maximum absolute atomic E-state index is 6.97. The quantitative estimate of drug-likeness (QED) is 0.509. The van der Waals surface area contributed by atoms with Crippen molar-refractivity contribution in [2.75, 3.05) is 6.61 Å². The molecule has 4 nitrogen and oxygen atoms in total. The minimum absolute atomic E-state index is 0.0477. The van der Waals surface area contributed by atoms with Gasteiger partial charge in [0.15, 0.2) is 8.32 Å². The highest BCUT2D eigenvalue weighted by atomic mass is 28.4. The second-order valence-electron chi connectivity index (χ2n) is 11.8. The van der Waals surface area contributed by atoms with Crippen molar-refractivity contribution in [2.24, 2.45) is 0 Å². The third-order valence-electron chi connectivity index (χ3n) is 6.39. The van der Waals surface area contributed by atoms with Crippen molar-refractivity contribution >= 4 is 16.9 Å². The summed E-state index contributed by atoms with van der Waals surface area (Å²) in [5, 5.41) is 0.0538. The van der Waals surface area contributed by atoms with E-state index in [4.69, 9.17) is 18.0 Å². The summed E-state index contributed by atoms with van der Waals surface area (Å²) in [6, 6.07) is 0. The molecule has 0 aromatic heterocycles. The molecule has 1 fully saturated rings. The molecule has 0 aromatic carbocycles. The van der Waals surface area contributed by atoms with Crippen molar-refractivity contribution in [1.29, 1.82) is 0 Å². The molecule has 0 bridgehead atoms. The third kappa shape index (κ3) is 4.25. The number of fused-ring (bicyclic) bond motifs is 1. The highest BCUT2D eigenvalue weighted by Gasteiger charge is 2.63. The molecule has 6 heteroatoms. The Hall–Kier alpha value is -0.146. The fourth-order valence-electron chi connectivity index (χ4n) is 4.11. The van der Waals surface area contributed by atoms with Gasteiger partial charge in [-0.2, -0.15) is 0 Å². The first-order chi connectivity index (χ1) is 11.9. The van der Waals surface area contributed by atoms with Gasteiger partial charge in [0.1, 0.15) is 12.2 Å². The van der Waals surface area contributed by atoms with Crippen LogP contribution in [-0.2, 0) is 18.0 Å². The van der Waals surface area contributed by atoms with Gasteiger partial charge in [0.05, 0.1) is 18.5 Å². The summed E-state index contributed by atoms with van der Waals surface area (Å²) in [6.07, 6.45) is 1.83. The van der Waals surface area contributed by atoms with Crippen LogP contribution in [0.1, 0.15) is 69.2 Å². The maximum Gasteiger partial charge on any atom is 0.349 e. The van der Waals surface area contributed by atoms with Crippen molar-refractivity contribution < 1.29 is 18.0 Å². The molecule has 0 aliphatic carbocycles. The molecule has 2 aliphatic heterocycles. The molecule has 0 N–H and O–H groups in total. The number of allylic oxidation sites excluding steroid dienone is 1. The zero-order chi connectivity index (χ0) is 21.1. The Labute approximate surface area is 169 Å². The largest absolute Gasteiger partial charge is 0.490 e. The van der Waals surface area contributed by atoms with Crippen LogP contribution in [0.15, 0.2) is 11.8 Å². The summed E-state index contributed by atoms with van der Waals surface area (Å²) in [6.45, 7) is 27.5. The van der Waals surface area contributed by atoms with Crippen molar-refractivity contribution in [3.05, 3.63) is 11.8 Å². The normalized spacial score (nSPS) is 29.6. The fraction of sp³-hybridized carbons (Fsp3) is 0.905. The maximum atomic E-state index is 6.97. The lowest BCUT2D eigenvalue weighted by Crippen LogP contribution is -2.68. The lowest BCUT2D eigenvalue weighted by Gasteiger charge is -2.56. The van der Waals surface area contributed by atoms with Gasteiger partial charge in [0.25, 0.3) is 0 Å². The summed E-state index contributed by atoms with van der Waals surface area (Å²) >= 11 is 0. The molecule has 0 unspecified atom stereocenters. The highest BCUT2D eigenvalue weighted by molar-refractivity contribution is 6.74. The topological polar surface area (TPSA) is 36.9 Å². The lowest BCUT2D eigenvalue weighted by molar-refractivity contribution is -0.127. The Balaban J connectivity index is 2.42. The van der Waals surface area contributed by atoms with Crippen LogP contribution in [0.2, 0.25) is 28.2 Å². The van der Waals surface area contributed by atoms with Crippen molar-refractivity contribution in [1.82, 2.24) is 0 Å². The highest BCUT2D eigenvalue weighted by Crippen LogP contribution is 2.55. The molecule has 2 aliphatic rings. The van der Waals surface area contributed by atoms with Gasteiger partial charge in [-0.25, -0.2) is 0 Å². The average Bonchev–Trinajstić information content (AvgIpc) is 2.42. The fourth-order valence-corrected chi connectivity index (χ4v) is 10.3. The van der Waals surface area contributed by atoms with Gasteiger partial charge in [0.2, 0.25) is 0 Å². The Morgan fingerprint density at radius 3 is 1.96 bits per heavy atom. The zero-order valence-electron chi connectivity index (χ0n) is 19.6. The molecule has 0 saturated carbocycles. The van der Waals surface area contributed by atoms with Crippen LogP contribution >= 0.6 is 0 Å². The molecule has 27 heavy (non-hydrogen) atoms. The molecule has 2 rings (SSSR count). The molecule has 0 spiro atoms. The van der Waals surface area contributed by atoms with E-state index in [-0.39, 0.29) is 33.4 Å².